The monoisotopic (exact) mass is 533 g/mol. The number of rotatable bonds is 10. The second-order valence-electron chi connectivity index (χ2n) is 9.89. The molecule has 7 nitrogen and oxygen atoms in total. The first-order chi connectivity index (χ1) is 18.7. The molecule has 4 aromatic rings. The molecule has 39 heavy (non-hydrogen) atoms. The zero-order valence-electron chi connectivity index (χ0n) is 22.3. The van der Waals surface area contributed by atoms with Gasteiger partial charge < -0.3 is 10.6 Å². The van der Waals surface area contributed by atoms with Gasteiger partial charge in [-0.2, -0.15) is 4.68 Å². The van der Waals surface area contributed by atoms with Crippen LogP contribution in [0.1, 0.15) is 53.6 Å². The van der Waals surface area contributed by atoms with Crippen LogP contribution in [0.15, 0.2) is 77.6 Å². The number of hydrogen-bond donors (Lipinski definition) is 1. The summed E-state index contributed by atoms with van der Waals surface area (Å²) in [5.74, 6) is -1.07. The first-order valence-corrected chi connectivity index (χ1v) is 13.0. The summed E-state index contributed by atoms with van der Waals surface area (Å²) in [7, 11) is 0. The van der Waals surface area contributed by atoms with E-state index in [2.05, 4.69) is 0 Å². The molecular formula is C30H33F2N5O2. The lowest BCUT2D eigenvalue weighted by atomic mass is 9.99. The van der Waals surface area contributed by atoms with E-state index >= 15 is 0 Å². The van der Waals surface area contributed by atoms with E-state index in [9.17, 15) is 18.4 Å². The van der Waals surface area contributed by atoms with E-state index in [-0.39, 0.29) is 30.5 Å². The lowest BCUT2D eigenvalue weighted by Crippen LogP contribution is -2.41. The number of aryl methyl sites for hydroxylation is 1. The van der Waals surface area contributed by atoms with Crippen LogP contribution in [0.3, 0.4) is 0 Å². The predicted molar refractivity (Wildman–Crippen MR) is 147 cm³/mol. The minimum absolute atomic E-state index is 0.167. The molecule has 3 aromatic carbocycles. The van der Waals surface area contributed by atoms with Gasteiger partial charge in [-0.05, 0) is 73.3 Å². The molecule has 0 saturated heterocycles. The highest BCUT2D eigenvalue weighted by Crippen LogP contribution is 2.30. The Morgan fingerprint density at radius 1 is 1.03 bits per heavy atom. The summed E-state index contributed by atoms with van der Waals surface area (Å²) >= 11 is 0. The fourth-order valence-corrected chi connectivity index (χ4v) is 4.61. The van der Waals surface area contributed by atoms with Gasteiger partial charge in [0.2, 0.25) is 0 Å². The van der Waals surface area contributed by atoms with Gasteiger partial charge in [0, 0.05) is 12.1 Å². The highest BCUT2D eigenvalue weighted by Gasteiger charge is 2.34. The molecular weight excluding hydrogens is 500 g/mol. The number of nitrogens with two attached hydrogens (primary N) is 1. The summed E-state index contributed by atoms with van der Waals surface area (Å²) in [6.07, 6.45) is 0.505. The molecule has 2 N–H and O–H groups in total. The van der Waals surface area contributed by atoms with Gasteiger partial charge in [-0.15, -0.1) is 5.10 Å². The number of carbonyl (C=O) groups excluding carboxylic acids is 1. The molecule has 0 radical (unpaired) electrons. The van der Waals surface area contributed by atoms with Crippen LogP contribution in [0.5, 0.6) is 0 Å². The van der Waals surface area contributed by atoms with Crippen molar-refractivity contribution in [2.75, 3.05) is 13.1 Å². The van der Waals surface area contributed by atoms with E-state index in [4.69, 9.17) is 10.8 Å². The van der Waals surface area contributed by atoms with E-state index in [0.717, 1.165) is 5.56 Å². The lowest BCUT2D eigenvalue weighted by Gasteiger charge is -2.34. The van der Waals surface area contributed by atoms with Gasteiger partial charge in [0.1, 0.15) is 11.6 Å². The van der Waals surface area contributed by atoms with E-state index < -0.39 is 23.4 Å². The third-order valence-corrected chi connectivity index (χ3v) is 6.66. The number of benzene rings is 3. The largest absolute Gasteiger partial charge is 0.351 e. The molecule has 9 heteroatoms. The van der Waals surface area contributed by atoms with Gasteiger partial charge in [0.15, 0.2) is 5.82 Å². The highest BCUT2D eigenvalue weighted by atomic mass is 19.1. The maximum Gasteiger partial charge on any atom is 0.351 e. The smallest absolute Gasteiger partial charge is 0.330 e. The highest BCUT2D eigenvalue weighted by molar-refractivity contribution is 5.94. The van der Waals surface area contributed by atoms with Crippen LogP contribution < -0.4 is 11.4 Å². The van der Waals surface area contributed by atoms with Crippen LogP contribution >= 0.6 is 0 Å². The molecule has 0 spiro atoms. The molecule has 0 aliphatic heterocycles. The van der Waals surface area contributed by atoms with Crippen LogP contribution in [0.4, 0.5) is 8.78 Å². The minimum atomic E-state index is -0.633. The topological polar surface area (TPSA) is 86.2 Å². The van der Waals surface area contributed by atoms with Crippen molar-refractivity contribution in [1.82, 2.24) is 19.2 Å². The normalized spacial score (nSPS) is 12.1. The summed E-state index contributed by atoms with van der Waals surface area (Å²) in [5, 5.41) is 4.71. The zero-order chi connectivity index (χ0) is 28.1. The van der Waals surface area contributed by atoms with Crippen molar-refractivity contribution in [3.8, 4) is 5.69 Å². The van der Waals surface area contributed by atoms with Crippen LogP contribution in [-0.2, 0) is 6.54 Å². The maximum absolute atomic E-state index is 14.4. The molecule has 1 unspecified atom stereocenters. The average Bonchev–Trinajstić information content (AvgIpc) is 3.23. The number of carbonyl (C=O) groups is 1. The van der Waals surface area contributed by atoms with Crippen molar-refractivity contribution in [3.05, 3.63) is 117 Å². The zero-order valence-corrected chi connectivity index (χ0v) is 22.3. The van der Waals surface area contributed by atoms with Gasteiger partial charge in [-0.25, -0.2) is 13.6 Å². The summed E-state index contributed by atoms with van der Waals surface area (Å²) in [4.78, 5) is 29.2. The van der Waals surface area contributed by atoms with Crippen LogP contribution in [0.25, 0.3) is 5.69 Å². The van der Waals surface area contributed by atoms with Crippen molar-refractivity contribution in [2.24, 2.45) is 11.7 Å². The van der Waals surface area contributed by atoms with Crippen molar-refractivity contribution in [3.63, 3.8) is 0 Å². The molecule has 1 amide bonds. The molecule has 4 rings (SSSR count). The van der Waals surface area contributed by atoms with Crippen LogP contribution in [0.2, 0.25) is 0 Å². The number of aromatic nitrogens is 3. The minimum Gasteiger partial charge on any atom is -0.330 e. The fourth-order valence-electron chi connectivity index (χ4n) is 4.61. The number of nitrogens with zero attached hydrogens (tertiary/aromatic N) is 4. The Kier molecular flexibility index (Phi) is 8.71. The number of amides is 1. The van der Waals surface area contributed by atoms with E-state index in [1.165, 1.54) is 35.0 Å². The summed E-state index contributed by atoms with van der Waals surface area (Å²) in [5.41, 5.74) is 7.32. The molecule has 0 aliphatic rings. The second kappa shape index (κ2) is 12.2. The molecule has 204 valence electrons. The first kappa shape index (κ1) is 27.9. The maximum atomic E-state index is 14.4. The first-order valence-electron chi connectivity index (χ1n) is 13.0. The quantitative estimate of drug-likeness (QED) is 0.316. The van der Waals surface area contributed by atoms with Crippen molar-refractivity contribution in [1.29, 1.82) is 0 Å². The van der Waals surface area contributed by atoms with E-state index in [1.54, 1.807) is 28.5 Å². The molecule has 0 aliphatic carbocycles. The van der Waals surface area contributed by atoms with Crippen molar-refractivity contribution < 1.29 is 13.6 Å². The number of hydrogen-bond acceptors (Lipinski definition) is 4. The second-order valence-corrected chi connectivity index (χ2v) is 9.89. The van der Waals surface area contributed by atoms with Gasteiger partial charge in [0.25, 0.3) is 5.91 Å². The molecule has 1 heterocycles. The third kappa shape index (κ3) is 6.15. The number of halogens is 2. The Hall–Kier alpha value is -4.11. The van der Waals surface area contributed by atoms with Crippen LogP contribution in [-0.4, -0.2) is 38.2 Å². The van der Waals surface area contributed by atoms with Gasteiger partial charge in [0.05, 0.1) is 18.3 Å². The van der Waals surface area contributed by atoms with E-state index in [0.29, 0.717) is 30.0 Å². The van der Waals surface area contributed by atoms with Gasteiger partial charge in [-0.1, -0.05) is 50.2 Å². The van der Waals surface area contributed by atoms with Crippen molar-refractivity contribution >= 4 is 5.91 Å². The summed E-state index contributed by atoms with van der Waals surface area (Å²) < 4.78 is 30.9. The Morgan fingerprint density at radius 3 is 2.33 bits per heavy atom. The lowest BCUT2D eigenvalue weighted by molar-refractivity contribution is 0.0603. The Balaban J connectivity index is 1.88. The third-order valence-electron chi connectivity index (χ3n) is 6.66. The van der Waals surface area contributed by atoms with Crippen molar-refractivity contribution in [2.45, 2.75) is 39.8 Å². The molecule has 0 saturated carbocycles. The summed E-state index contributed by atoms with van der Waals surface area (Å²) in [6.45, 7) is 6.37. The SMILES string of the molecule is Cc1ccc(C(=O)N(CCCN)C(c2nn(-c3ccc(F)cc3)c(=O)n2Cc2ccccc2)C(C)C)cc1F. The van der Waals surface area contributed by atoms with E-state index in [1.807, 2.05) is 44.2 Å². The summed E-state index contributed by atoms with van der Waals surface area (Å²) in [6, 6.07) is 18.7. The Labute approximate surface area is 226 Å². The molecule has 0 bridgehead atoms. The molecule has 0 fully saturated rings. The Bertz CT molecular complexity index is 1480. The molecule has 1 atom stereocenters. The van der Waals surface area contributed by atoms with Gasteiger partial charge >= 0.3 is 5.69 Å². The van der Waals surface area contributed by atoms with Crippen LogP contribution in [0, 0.1) is 24.5 Å². The molecule has 1 aromatic heterocycles. The predicted octanol–water partition coefficient (Wildman–Crippen LogP) is 4.86. The Morgan fingerprint density at radius 2 is 1.72 bits per heavy atom. The fraction of sp³-hybridized carbons (Fsp3) is 0.300. The standard InChI is InChI=1S/C30H33F2N5O2/c1-20(2)27(35(17-7-16-33)29(38)23-11-10-21(3)26(32)18-23)28-34-37(25-14-12-24(31)13-15-25)30(39)36(28)19-22-8-5-4-6-9-22/h4-6,8-15,18,20,27H,7,16-17,19,33H2,1-3H3. The van der Waals surface area contributed by atoms with Gasteiger partial charge in [-0.3, -0.25) is 9.36 Å². The average molecular weight is 534 g/mol.